The highest BCUT2D eigenvalue weighted by Crippen LogP contribution is 2.29. The Morgan fingerprint density at radius 1 is 1.00 bits per heavy atom. The average molecular weight is 424 g/mol. The number of carbonyl (C=O) groups is 3. The lowest BCUT2D eigenvalue weighted by Gasteiger charge is -2.13. The van der Waals surface area contributed by atoms with Gasteiger partial charge < -0.3 is 9.57 Å². The van der Waals surface area contributed by atoms with Crippen LogP contribution in [0, 0.1) is 6.92 Å². The fourth-order valence-corrected chi connectivity index (χ4v) is 3.79. The zero-order chi connectivity index (χ0) is 21.3. The quantitative estimate of drug-likeness (QED) is 0.439. The minimum Gasteiger partial charge on any atom is -0.495 e. The lowest BCUT2D eigenvalue weighted by molar-refractivity contribution is -0.165. The molecule has 3 aromatic rings. The predicted octanol–water partition coefficient (Wildman–Crippen LogP) is 2.43. The number of aromatic nitrogens is 3. The molecule has 4 rings (SSSR count). The molecule has 0 saturated heterocycles. The van der Waals surface area contributed by atoms with Gasteiger partial charge in [-0.15, -0.1) is 10.2 Å². The number of nitrogens with zero attached hydrogens (tertiary/aromatic N) is 4. The summed E-state index contributed by atoms with van der Waals surface area (Å²) in [7, 11) is 1.56. The largest absolute Gasteiger partial charge is 0.495 e. The van der Waals surface area contributed by atoms with Crippen molar-refractivity contribution >= 4 is 29.5 Å². The van der Waals surface area contributed by atoms with Crippen LogP contribution in [0.4, 0.5) is 0 Å². The molecular weight excluding hydrogens is 408 g/mol. The van der Waals surface area contributed by atoms with Crippen LogP contribution in [-0.2, 0) is 9.63 Å². The first-order chi connectivity index (χ1) is 14.5. The number of aryl methyl sites for hydroxylation is 1. The van der Waals surface area contributed by atoms with E-state index in [1.807, 2.05) is 18.2 Å². The minimum atomic E-state index is -0.762. The van der Waals surface area contributed by atoms with Gasteiger partial charge in [-0.3, -0.25) is 14.2 Å². The Morgan fingerprint density at radius 3 is 2.30 bits per heavy atom. The average Bonchev–Trinajstić information content (AvgIpc) is 3.25. The molecule has 2 heterocycles. The summed E-state index contributed by atoms with van der Waals surface area (Å²) in [4.78, 5) is 42.0. The molecular formula is C20H16N4O5S. The smallest absolute Gasteiger partial charge is 0.343 e. The van der Waals surface area contributed by atoms with E-state index in [2.05, 4.69) is 10.2 Å². The van der Waals surface area contributed by atoms with Crippen molar-refractivity contribution in [1.82, 2.24) is 19.8 Å². The zero-order valence-corrected chi connectivity index (χ0v) is 16.9. The Balaban J connectivity index is 1.47. The molecule has 1 aliphatic heterocycles. The van der Waals surface area contributed by atoms with Crippen LogP contribution in [-0.4, -0.2) is 50.5 Å². The molecule has 10 heteroatoms. The predicted molar refractivity (Wildman–Crippen MR) is 106 cm³/mol. The highest BCUT2D eigenvalue weighted by molar-refractivity contribution is 7.99. The Bertz CT molecular complexity index is 1120. The van der Waals surface area contributed by atoms with E-state index in [0.29, 0.717) is 21.8 Å². The van der Waals surface area contributed by atoms with Gasteiger partial charge in [0.2, 0.25) is 0 Å². The van der Waals surface area contributed by atoms with E-state index in [0.717, 1.165) is 17.4 Å². The maximum absolute atomic E-state index is 12.3. The number of thioether (sulfide) groups is 1. The summed E-state index contributed by atoms with van der Waals surface area (Å²) >= 11 is 1.07. The molecule has 2 amide bonds. The van der Waals surface area contributed by atoms with Crippen LogP contribution in [0.15, 0.2) is 53.7 Å². The Morgan fingerprint density at radius 2 is 1.63 bits per heavy atom. The van der Waals surface area contributed by atoms with Crippen molar-refractivity contribution in [2.75, 3.05) is 12.9 Å². The van der Waals surface area contributed by atoms with Crippen LogP contribution in [0.5, 0.6) is 5.75 Å². The Labute approximate surface area is 175 Å². The second kappa shape index (κ2) is 7.99. The van der Waals surface area contributed by atoms with Crippen molar-refractivity contribution in [3.8, 4) is 11.4 Å². The summed E-state index contributed by atoms with van der Waals surface area (Å²) in [5, 5.41) is 9.10. The number of para-hydroxylation sites is 2. The SMILES string of the molecule is COc1ccccc1-n1c(C)nnc1SCC(=O)ON1C(=O)c2ccccc2C1=O. The third kappa shape index (κ3) is 3.41. The first-order valence-electron chi connectivity index (χ1n) is 8.88. The molecule has 1 aliphatic rings. The normalized spacial score (nSPS) is 12.8. The van der Waals surface area contributed by atoms with Crippen molar-refractivity contribution < 1.29 is 24.0 Å². The first kappa shape index (κ1) is 19.6. The summed E-state index contributed by atoms with van der Waals surface area (Å²) in [5.41, 5.74) is 1.13. The third-order valence-corrected chi connectivity index (χ3v) is 5.29. The van der Waals surface area contributed by atoms with Crippen molar-refractivity contribution in [3.63, 3.8) is 0 Å². The first-order valence-corrected chi connectivity index (χ1v) is 9.86. The molecule has 30 heavy (non-hydrogen) atoms. The maximum atomic E-state index is 12.3. The van der Waals surface area contributed by atoms with Gasteiger partial charge in [0.15, 0.2) is 5.16 Å². The molecule has 0 unspecified atom stereocenters. The molecule has 0 fully saturated rings. The molecule has 0 N–H and O–H groups in total. The van der Waals surface area contributed by atoms with E-state index in [4.69, 9.17) is 9.57 Å². The fourth-order valence-electron chi connectivity index (χ4n) is 3.03. The number of amides is 2. The molecule has 0 atom stereocenters. The van der Waals surface area contributed by atoms with Crippen LogP contribution in [0.25, 0.3) is 5.69 Å². The highest BCUT2D eigenvalue weighted by atomic mass is 32.2. The second-order valence-electron chi connectivity index (χ2n) is 6.24. The van der Waals surface area contributed by atoms with Crippen LogP contribution in [0.1, 0.15) is 26.5 Å². The van der Waals surface area contributed by atoms with Gasteiger partial charge in [0, 0.05) is 0 Å². The van der Waals surface area contributed by atoms with Gasteiger partial charge in [0.1, 0.15) is 17.3 Å². The molecule has 1 aromatic heterocycles. The topological polar surface area (TPSA) is 104 Å². The van der Waals surface area contributed by atoms with Crippen LogP contribution < -0.4 is 4.74 Å². The van der Waals surface area contributed by atoms with E-state index >= 15 is 0 Å². The van der Waals surface area contributed by atoms with Crippen LogP contribution in [0.3, 0.4) is 0 Å². The molecule has 9 nitrogen and oxygen atoms in total. The number of methoxy groups -OCH3 is 1. The lowest BCUT2D eigenvalue weighted by Crippen LogP contribution is -2.33. The van der Waals surface area contributed by atoms with Gasteiger partial charge in [-0.05, 0) is 31.2 Å². The zero-order valence-electron chi connectivity index (χ0n) is 16.1. The van der Waals surface area contributed by atoms with E-state index in [1.54, 1.807) is 36.8 Å². The molecule has 0 saturated carbocycles. The maximum Gasteiger partial charge on any atom is 0.343 e. The number of hydrogen-bond acceptors (Lipinski definition) is 8. The van der Waals surface area contributed by atoms with Gasteiger partial charge in [0.25, 0.3) is 11.8 Å². The number of hydroxylamine groups is 2. The van der Waals surface area contributed by atoms with E-state index in [9.17, 15) is 14.4 Å². The lowest BCUT2D eigenvalue weighted by atomic mass is 10.1. The summed E-state index contributed by atoms with van der Waals surface area (Å²) in [6.45, 7) is 1.78. The number of hydrogen-bond donors (Lipinski definition) is 0. The Kier molecular flexibility index (Phi) is 5.23. The van der Waals surface area contributed by atoms with Crippen molar-refractivity contribution in [1.29, 1.82) is 0 Å². The number of fused-ring (bicyclic) bond motifs is 1. The Hall–Kier alpha value is -3.66. The highest BCUT2D eigenvalue weighted by Gasteiger charge is 2.38. The summed E-state index contributed by atoms with van der Waals surface area (Å²) < 4.78 is 7.14. The molecule has 2 aromatic carbocycles. The monoisotopic (exact) mass is 424 g/mol. The van der Waals surface area contributed by atoms with Crippen LogP contribution in [0.2, 0.25) is 0 Å². The van der Waals surface area contributed by atoms with Gasteiger partial charge in [-0.1, -0.05) is 41.1 Å². The number of imide groups is 1. The molecule has 0 radical (unpaired) electrons. The van der Waals surface area contributed by atoms with E-state index in [1.165, 1.54) is 12.1 Å². The van der Waals surface area contributed by atoms with Crippen molar-refractivity contribution in [2.45, 2.75) is 12.1 Å². The molecule has 0 bridgehead atoms. The molecule has 152 valence electrons. The number of benzene rings is 2. The number of rotatable bonds is 6. The van der Waals surface area contributed by atoms with Gasteiger partial charge in [-0.2, -0.15) is 0 Å². The standard InChI is InChI=1S/C20H16N4O5S/c1-12-21-22-20(23(12)15-9-5-6-10-16(15)28-2)30-11-17(25)29-24-18(26)13-7-3-4-8-14(13)19(24)27/h3-10H,11H2,1-2H3. The van der Waals surface area contributed by atoms with Gasteiger partial charge in [0.05, 0.1) is 23.9 Å². The summed E-state index contributed by atoms with van der Waals surface area (Å²) in [6, 6.07) is 13.6. The number of carbonyl (C=O) groups excluding carboxylic acids is 3. The fraction of sp³-hybridized carbons (Fsp3) is 0.150. The van der Waals surface area contributed by atoms with E-state index in [-0.39, 0.29) is 16.9 Å². The summed E-state index contributed by atoms with van der Waals surface area (Å²) in [6.07, 6.45) is 0. The molecule has 0 aliphatic carbocycles. The second-order valence-corrected chi connectivity index (χ2v) is 7.18. The van der Waals surface area contributed by atoms with Crippen molar-refractivity contribution in [3.05, 3.63) is 65.5 Å². The van der Waals surface area contributed by atoms with E-state index < -0.39 is 17.8 Å². The number of ether oxygens (including phenoxy) is 1. The third-order valence-electron chi connectivity index (χ3n) is 4.39. The summed E-state index contributed by atoms with van der Waals surface area (Å²) in [5.74, 6) is -1.04. The van der Waals surface area contributed by atoms with Crippen molar-refractivity contribution in [2.24, 2.45) is 0 Å². The van der Waals surface area contributed by atoms with Gasteiger partial charge >= 0.3 is 5.97 Å². The molecule has 0 spiro atoms. The van der Waals surface area contributed by atoms with Gasteiger partial charge in [-0.25, -0.2) is 4.79 Å². The van der Waals surface area contributed by atoms with Crippen LogP contribution >= 0.6 is 11.8 Å². The minimum absolute atomic E-state index is 0.180.